The standard InChI is InChI=1S/C20H24N3O3/c24-20(17-6-2-1-3-7-17)18-9-12-22(13-10-18)15-26-16-23-11-5-4-8-19(23)14-21-25/h4-5,8-14,17H,1-3,6-7,15-16H2/q+1/p+1. The Kier molecular flexibility index (Phi) is 6.44. The molecule has 1 aliphatic carbocycles. The Hall–Kier alpha value is -2.60. The number of hydrogen-bond acceptors (Lipinski definition) is 4. The molecule has 0 atom stereocenters. The maximum absolute atomic E-state index is 12.5. The van der Waals surface area contributed by atoms with Gasteiger partial charge in [-0.25, -0.2) is 0 Å². The second-order valence-electron chi connectivity index (χ2n) is 6.60. The van der Waals surface area contributed by atoms with E-state index in [1.807, 2.05) is 58.1 Å². The Morgan fingerprint density at radius 2 is 1.88 bits per heavy atom. The molecule has 6 nitrogen and oxygen atoms in total. The number of nitrogens with zero attached hydrogens (tertiary/aromatic N) is 3. The molecule has 0 saturated heterocycles. The van der Waals surface area contributed by atoms with Gasteiger partial charge in [0.25, 0.3) is 13.5 Å². The summed E-state index contributed by atoms with van der Waals surface area (Å²) in [6.45, 7) is 0.702. The zero-order valence-corrected chi connectivity index (χ0v) is 14.8. The average molecular weight is 355 g/mol. The summed E-state index contributed by atoms with van der Waals surface area (Å²) in [5, 5.41) is 11.8. The number of Topliss-reactive ketones (excluding diaryl/α,β-unsaturated/α-hetero) is 1. The summed E-state index contributed by atoms with van der Waals surface area (Å²) < 4.78 is 9.43. The molecule has 3 rings (SSSR count). The molecule has 1 N–H and O–H groups in total. The number of rotatable bonds is 7. The van der Waals surface area contributed by atoms with Crippen LogP contribution in [-0.2, 0) is 18.2 Å². The molecule has 136 valence electrons. The number of carbonyl (C=O) groups is 1. The minimum atomic E-state index is 0.192. The van der Waals surface area contributed by atoms with Gasteiger partial charge in [-0.2, -0.15) is 9.13 Å². The van der Waals surface area contributed by atoms with Gasteiger partial charge in [-0.1, -0.05) is 24.4 Å². The first kappa shape index (κ1) is 18.2. The van der Waals surface area contributed by atoms with Crippen molar-refractivity contribution >= 4 is 12.0 Å². The largest absolute Gasteiger partial charge is 0.411 e. The van der Waals surface area contributed by atoms with E-state index in [-0.39, 0.29) is 11.7 Å². The smallest absolute Gasteiger partial charge is 0.258 e. The van der Waals surface area contributed by atoms with Gasteiger partial charge in [-0.3, -0.25) is 9.53 Å². The Balaban J connectivity index is 1.54. The summed E-state index contributed by atoms with van der Waals surface area (Å²) in [4.78, 5) is 12.5. The van der Waals surface area contributed by atoms with Gasteiger partial charge < -0.3 is 5.21 Å². The topological polar surface area (TPSA) is 66.7 Å². The minimum Gasteiger partial charge on any atom is -0.411 e. The van der Waals surface area contributed by atoms with Crippen LogP contribution in [0.25, 0.3) is 0 Å². The fraction of sp³-hybridized carbons (Fsp3) is 0.400. The first-order valence-electron chi connectivity index (χ1n) is 9.05. The summed E-state index contributed by atoms with van der Waals surface area (Å²) in [5.74, 6) is 0.461. The van der Waals surface area contributed by atoms with E-state index in [1.54, 1.807) is 0 Å². The highest BCUT2D eigenvalue weighted by molar-refractivity contribution is 5.97. The van der Waals surface area contributed by atoms with Crippen LogP contribution in [0.2, 0.25) is 0 Å². The molecule has 0 radical (unpaired) electrons. The van der Waals surface area contributed by atoms with Crippen molar-refractivity contribution in [3.8, 4) is 0 Å². The summed E-state index contributed by atoms with van der Waals surface area (Å²) in [5.41, 5.74) is 1.53. The number of hydrogen-bond donors (Lipinski definition) is 1. The van der Waals surface area contributed by atoms with Crippen LogP contribution in [0.15, 0.2) is 54.1 Å². The third-order valence-corrected chi connectivity index (χ3v) is 4.79. The van der Waals surface area contributed by atoms with E-state index in [1.165, 1.54) is 12.6 Å². The summed E-state index contributed by atoms with van der Waals surface area (Å²) in [7, 11) is 0. The van der Waals surface area contributed by atoms with Crippen molar-refractivity contribution in [2.24, 2.45) is 11.1 Å². The normalized spacial score (nSPS) is 15.4. The highest BCUT2D eigenvalue weighted by Gasteiger charge is 2.22. The van der Waals surface area contributed by atoms with Crippen LogP contribution in [0.1, 0.15) is 48.2 Å². The summed E-state index contributed by atoms with van der Waals surface area (Å²) >= 11 is 0. The molecule has 0 unspecified atom stereocenters. The van der Waals surface area contributed by atoms with Crippen LogP contribution in [0.5, 0.6) is 0 Å². The van der Waals surface area contributed by atoms with Crippen molar-refractivity contribution in [1.29, 1.82) is 0 Å². The number of ether oxygens (including phenoxy) is 1. The van der Waals surface area contributed by atoms with Crippen molar-refractivity contribution in [1.82, 2.24) is 0 Å². The number of ketones is 1. The van der Waals surface area contributed by atoms with Crippen molar-refractivity contribution in [3.05, 3.63) is 60.2 Å². The number of aromatic nitrogens is 2. The lowest BCUT2D eigenvalue weighted by atomic mass is 9.84. The van der Waals surface area contributed by atoms with Crippen LogP contribution < -0.4 is 9.13 Å². The molecule has 0 amide bonds. The second kappa shape index (κ2) is 9.20. The fourth-order valence-electron chi connectivity index (χ4n) is 3.34. The van der Waals surface area contributed by atoms with Crippen molar-refractivity contribution in [2.75, 3.05) is 0 Å². The predicted octanol–water partition coefficient (Wildman–Crippen LogP) is 2.46. The van der Waals surface area contributed by atoms with Crippen LogP contribution in [0.3, 0.4) is 0 Å². The third kappa shape index (κ3) is 4.73. The van der Waals surface area contributed by atoms with Gasteiger partial charge in [0.1, 0.15) is 6.21 Å². The van der Waals surface area contributed by atoms with Gasteiger partial charge >= 0.3 is 0 Å². The quantitative estimate of drug-likeness (QED) is 0.273. The number of oxime groups is 1. The van der Waals surface area contributed by atoms with E-state index < -0.39 is 0 Å². The summed E-state index contributed by atoms with van der Waals surface area (Å²) in [6.07, 6.45) is 12.6. The highest BCUT2D eigenvalue weighted by Crippen LogP contribution is 2.26. The number of carbonyl (C=O) groups excluding carboxylic acids is 1. The third-order valence-electron chi connectivity index (χ3n) is 4.79. The van der Waals surface area contributed by atoms with Crippen LogP contribution in [-0.4, -0.2) is 17.2 Å². The molecule has 6 heteroatoms. The predicted molar refractivity (Wildman–Crippen MR) is 94.6 cm³/mol. The lowest BCUT2D eigenvalue weighted by Gasteiger charge is -2.19. The van der Waals surface area contributed by atoms with E-state index in [0.717, 1.165) is 36.9 Å². The van der Waals surface area contributed by atoms with E-state index in [9.17, 15) is 4.79 Å². The molecule has 2 aromatic heterocycles. The Morgan fingerprint density at radius 3 is 2.62 bits per heavy atom. The van der Waals surface area contributed by atoms with Crippen molar-refractivity contribution in [2.45, 2.75) is 45.6 Å². The van der Waals surface area contributed by atoms with Gasteiger partial charge in [-0.05, 0) is 18.9 Å². The molecule has 0 spiro atoms. The molecule has 26 heavy (non-hydrogen) atoms. The van der Waals surface area contributed by atoms with Gasteiger partial charge in [-0.15, -0.1) is 0 Å². The van der Waals surface area contributed by atoms with E-state index in [0.29, 0.717) is 13.5 Å². The van der Waals surface area contributed by atoms with Crippen LogP contribution >= 0.6 is 0 Å². The van der Waals surface area contributed by atoms with Gasteiger partial charge in [0.2, 0.25) is 5.69 Å². The van der Waals surface area contributed by atoms with Crippen LogP contribution in [0, 0.1) is 5.92 Å². The zero-order chi connectivity index (χ0) is 18.2. The maximum atomic E-state index is 12.5. The SMILES string of the molecule is O=C(c1cc[n+](COC[n+]2ccccc2C=NO)cc1)C1CCCCC1. The molecule has 2 aromatic rings. The van der Waals surface area contributed by atoms with Gasteiger partial charge in [0, 0.05) is 35.7 Å². The maximum Gasteiger partial charge on any atom is 0.258 e. The molecule has 0 aliphatic heterocycles. The van der Waals surface area contributed by atoms with Crippen molar-refractivity contribution in [3.63, 3.8) is 0 Å². The number of pyridine rings is 2. The van der Waals surface area contributed by atoms with Gasteiger partial charge in [0.05, 0.1) is 0 Å². The molecule has 2 heterocycles. The fourth-order valence-corrected chi connectivity index (χ4v) is 3.34. The highest BCUT2D eigenvalue weighted by atomic mass is 16.5. The monoisotopic (exact) mass is 355 g/mol. The van der Waals surface area contributed by atoms with Gasteiger partial charge in [0.15, 0.2) is 24.4 Å². The average Bonchev–Trinajstić information content (AvgIpc) is 2.70. The zero-order valence-electron chi connectivity index (χ0n) is 14.8. The first-order valence-corrected chi connectivity index (χ1v) is 9.05. The molecule has 0 bridgehead atoms. The molecular formula is C20H25N3O3+2. The Bertz CT molecular complexity index is 753. The molecule has 1 aliphatic rings. The van der Waals surface area contributed by atoms with E-state index >= 15 is 0 Å². The van der Waals surface area contributed by atoms with E-state index in [4.69, 9.17) is 9.94 Å². The second-order valence-corrected chi connectivity index (χ2v) is 6.60. The van der Waals surface area contributed by atoms with E-state index in [2.05, 4.69) is 5.16 Å². The molecular weight excluding hydrogens is 330 g/mol. The minimum absolute atomic E-state index is 0.192. The first-order chi connectivity index (χ1) is 12.8. The summed E-state index contributed by atoms with van der Waals surface area (Å²) in [6, 6.07) is 9.34. The molecule has 1 fully saturated rings. The Labute approximate surface area is 153 Å². The van der Waals surface area contributed by atoms with Crippen LogP contribution in [0.4, 0.5) is 0 Å². The lowest BCUT2D eigenvalue weighted by molar-refractivity contribution is -0.788. The molecule has 1 saturated carbocycles. The van der Waals surface area contributed by atoms with Crippen molar-refractivity contribution < 1.29 is 23.9 Å². The molecule has 0 aromatic carbocycles. The lowest BCUT2D eigenvalue weighted by Crippen LogP contribution is -2.42. The Morgan fingerprint density at radius 1 is 1.12 bits per heavy atom.